The van der Waals surface area contributed by atoms with Gasteiger partial charge in [0.05, 0.1) is 16.8 Å². The summed E-state index contributed by atoms with van der Waals surface area (Å²) in [5, 5.41) is 24.2. The molecule has 0 saturated carbocycles. The number of aromatic carboxylic acids is 1. The molecule has 2 aromatic carbocycles. The lowest BCUT2D eigenvalue weighted by atomic mass is 9.72. The molecule has 0 fully saturated rings. The fourth-order valence-corrected chi connectivity index (χ4v) is 5.28. The van der Waals surface area contributed by atoms with Crippen molar-refractivity contribution >= 4 is 43.3 Å². The Labute approximate surface area is 231 Å². The molecule has 0 radical (unpaired) electrons. The van der Waals surface area contributed by atoms with E-state index < -0.39 is 55.6 Å². The van der Waals surface area contributed by atoms with Gasteiger partial charge in [0.2, 0.25) is 5.91 Å². The summed E-state index contributed by atoms with van der Waals surface area (Å²) in [7, 11) is -6.62. The first-order valence-corrected chi connectivity index (χ1v) is 13.8. The molecule has 0 unspecified atom stereocenters. The van der Waals surface area contributed by atoms with Gasteiger partial charge < -0.3 is 39.6 Å². The molecule has 15 heteroatoms. The van der Waals surface area contributed by atoms with Gasteiger partial charge in [-0.05, 0) is 60.0 Å². The monoisotopic (exact) mass is 581 g/mol. The summed E-state index contributed by atoms with van der Waals surface area (Å²) in [6, 6.07) is 13.9. The van der Waals surface area contributed by atoms with Crippen LogP contribution in [0.25, 0.3) is 5.52 Å². The number of halogens is 1. The molecular formula is C26H22BFN3O9P. The second-order valence-corrected chi connectivity index (χ2v) is 10.9. The molecule has 0 spiro atoms. The largest absolute Gasteiger partial charge is 0.547 e. The van der Waals surface area contributed by atoms with Crippen molar-refractivity contribution in [2.45, 2.75) is 18.4 Å². The summed E-state index contributed by atoms with van der Waals surface area (Å²) < 4.78 is 33.3. The fraction of sp³-hybridized carbons (Fsp3) is 0.115. The molecule has 1 aliphatic heterocycles. The van der Waals surface area contributed by atoms with E-state index in [1.54, 1.807) is 40.9 Å². The molecule has 5 rings (SSSR count). The molecular weight excluding hydrogens is 559 g/mol. The summed E-state index contributed by atoms with van der Waals surface area (Å²) in [4.78, 5) is 57.1. The number of carbonyl (C=O) groups is 3. The normalized spacial score (nSPS) is 15.5. The van der Waals surface area contributed by atoms with Gasteiger partial charge in [-0.15, -0.1) is 0 Å². The Kier molecular flexibility index (Phi) is 7.41. The van der Waals surface area contributed by atoms with Gasteiger partial charge in [-0.3, -0.25) is 14.2 Å². The number of hydrogen-bond acceptors (Lipinski definition) is 6. The van der Waals surface area contributed by atoms with Gasteiger partial charge >= 0.3 is 20.7 Å². The van der Waals surface area contributed by atoms with Gasteiger partial charge in [0, 0.05) is 11.7 Å². The predicted molar refractivity (Wildman–Crippen MR) is 143 cm³/mol. The maximum absolute atomic E-state index is 14.7. The van der Waals surface area contributed by atoms with E-state index in [0.717, 1.165) is 18.2 Å². The van der Waals surface area contributed by atoms with Gasteiger partial charge in [0.1, 0.15) is 23.3 Å². The summed E-state index contributed by atoms with van der Waals surface area (Å²) >= 11 is 0. The molecule has 6 N–H and O–H groups in total. The zero-order valence-electron chi connectivity index (χ0n) is 21.0. The lowest BCUT2D eigenvalue weighted by Crippen LogP contribution is -2.55. The van der Waals surface area contributed by atoms with Crippen LogP contribution in [0, 0.1) is 5.82 Å². The quantitative estimate of drug-likeness (QED) is 0.138. The Bertz CT molecular complexity index is 1740. The van der Waals surface area contributed by atoms with Gasteiger partial charge in [-0.1, -0.05) is 24.3 Å². The van der Waals surface area contributed by atoms with Gasteiger partial charge in [-0.25, -0.2) is 9.18 Å². The SMILES string of the molecule is O=C(O)c1cccc2c1OB(O)[C@@H](NC(=O)[C@H](NC(=O)c1ccc3ccccn13)c1ccc(P(=O)(O)O)c(F)c1)C2. The number of carboxylic acids is 1. The molecule has 4 aromatic rings. The minimum atomic E-state index is -4.96. The van der Waals surface area contributed by atoms with Crippen molar-refractivity contribution in [1.82, 2.24) is 15.0 Å². The standard InChI is InChI=1S/C26H22BFN3O9P/c28-18-12-14(7-10-20(18)41(37,38)39)22(30-24(32)19-9-8-16-5-1-2-11-31(16)19)25(33)29-21-13-15-4-3-6-17(26(34)35)23(15)40-27(21)36/h1-12,21-22,36H,13H2,(H,29,33)(H,30,32)(H,34,35)(H2,37,38,39)/t21-,22+/m0/s1. The molecule has 0 aliphatic carbocycles. The Morgan fingerprint density at radius 2 is 1.85 bits per heavy atom. The van der Waals surface area contributed by atoms with E-state index >= 15 is 0 Å². The van der Waals surface area contributed by atoms with Gasteiger partial charge in [0.25, 0.3) is 5.91 Å². The summed E-state index contributed by atoms with van der Waals surface area (Å²) in [6.45, 7) is 0. The van der Waals surface area contributed by atoms with Crippen molar-refractivity contribution in [2.75, 3.05) is 0 Å². The highest BCUT2D eigenvalue weighted by molar-refractivity contribution is 7.60. The maximum Gasteiger partial charge on any atom is 0.547 e. The number of nitrogens with zero attached hydrogens (tertiary/aromatic N) is 1. The van der Waals surface area contributed by atoms with Crippen molar-refractivity contribution < 1.29 is 47.9 Å². The predicted octanol–water partition coefficient (Wildman–Crippen LogP) is 1.19. The van der Waals surface area contributed by atoms with E-state index in [1.165, 1.54) is 18.2 Å². The van der Waals surface area contributed by atoms with Crippen LogP contribution in [0.4, 0.5) is 4.39 Å². The van der Waals surface area contributed by atoms with Crippen LogP contribution in [-0.4, -0.2) is 55.2 Å². The van der Waals surface area contributed by atoms with E-state index in [9.17, 15) is 43.3 Å². The minimum absolute atomic E-state index is 0.0289. The first kappa shape index (κ1) is 28.1. The highest BCUT2D eigenvalue weighted by Gasteiger charge is 2.39. The minimum Gasteiger partial charge on any atom is -0.534 e. The van der Waals surface area contributed by atoms with Crippen LogP contribution in [-0.2, 0) is 15.8 Å². The zero-order valence-corrected chi connectivity index (χ0v) is 21.9. The van der Waals surface area contributed by atoms with Crippen LogP contribution in [0.3, 0.4) is 0 Å². The van der Waals surface area contributed by atoms with Crippen LogP contribution in [0.5, 0.6) is 5.75 Å². The third-order valence-electron chi connectivity index (χ3n) is 6.63. The molecule has 2 aromatic heterocycles. The summed E-state index contributed by atoms with van der Waals surface area (Å²) in [5.74, 6) is -5.30. The molecule has 0 saturated heterocycles. The van der Waals surface area contributed by atoms with E-state index in [1.807, 2.05) is 0 Å². The molecule has 12 nitrogen and oxygen atoms in total. The van der Waals surface area contributed by atoms with E-state index in [4.69, 9.17) is 4.65 Å². The van der Waals surface area contributed by atoms with E-state index in [0.29, 0.717) is 11.1 Å². The smallest absolute Gasteiger partial charge is 0.534 e. The van der Waals surface area contributed by atoms with Crippen molar-refractivity contribution in [2.24, 2.45) is 0 Å². The van der Waals surface area contributed by atoms with Crippen molar-refractivity contribution in [1.29, 1.82) is 0 Å². The molecule has 3 heterocycles. The average molecular weight is 581 g/mol. The number of carbonyl (C=O) groups excluding carboxylic acids is 2. The first-order chi connectivity index (χ1) is 19.4. The Morgan fingerprint density at radius 3 is 2.56 bits per heavy atom. The Morgan fingerprint density at radius 1 is 1.07 bits per heavy atom. The Hall–Kier alpha value is -4.49. The van der Waals surface area contributed by atoms with Gasteiger partial charge in [0.15, 0.2) is 0 Å². The number of fused-ring (bicyclic) bond motifs is 2. The van der Waals surface area contributed by atoms with Crippen LogP contribution in [0.2, 0.25) is 0 Å². The number of hydrogen-bond donors (Lipinski definition) is 6. The van der Waals surface area contributed by atoms with Crippen LogP contribution < -0.4 is 20.6 Å². The van der Waals surface area contributed by atoms with E-state index in [-0.39, 0.29) is 29.0 Å². The number of nitrogens with one attached hydrogen (secondary N) is 2. The van der Waals surface area contributed by atoms with Crippen LogP contribution in [0.15, 0.2) is 72.9 Å². The maximum atomic E-state index is 14.7. The highest BCUT2D eigenvalue weighted by atomic mass is 31.2. The molecule has 0 bridgehead atoms. The van der Waals surface area contributed by atoms with E-state index in [2.05, 4.69) is 10.6 Å². The lowest BCUT2D eigenvalue weighted by molar-refractivity contribution is -0.123. The second kappa shape index (κ2) is 10.8. The third-order valence-corrected chi connectivity index (χ3v) is 7.62. The first-order valence-electron chi connectivity index (χ1n) is 12.2. The molecule has 41 heavy (non-hydrogen) atoms. The number of pyridine rings is 1. The van der Waals surface area contributed by atoms with Crippen LogP contribution in [0.1, 0.15) is 38.0 Å². The summed E-state index contributed by atoms with van der Waals surface area (Å²) in [5.41, 5.74) is 0.944. The average Bonchev–Trinajstić information content (AvgIpc) is 3.35. The number of rotatable bonds is 7. The molecule has 2 atom stereocenters. The lowest BCUT2D eigenvalue weighted by Gasteiger charge is -2.30. The topological polar surface area (TPSA) is 187 Å². The van der Waals surface area contributed by atoms with Crippen molar-refractivity contribution in [3.05, 3.63) is 101 Å². The number of aromatic nitrogens is 1. The molecule has 210 valence electrons. The summed E-state index contributed by atoms with van der Waals surface area (Å²) in [6.07, 6.45) is 1.60. The molecule has 2 amide bonds. The Balaban J connectivity index is 1.46. The fourth-order valence-electron chi connectivity index (χ4n) is 4.67. The van der Waals surface area contributed by atoms with Crippen molar-refractivity contribution in [3.63, 3.8) is 0 Å². The zero-order chi connectivity index (χ0) is 29.5. The number of benzene rings is 2. The molecule has 1 aliphatic rings. The number of amides is 2. The third kappa shape index (κ3) is 5.58. The number of carboxylic acid groups (broad SMARTS) is 1. The van der Waals surface area contributed by atoms with Crippen LogP contribution >= 0.6 is 7.60 Å². The van der Waals surface area contributed by atoms with Crippen molar-refractivity contribution in [3.8, 4) is 5.75 Å². The highest BCUT2D eigenvalue weighted by Crippen LogP contribution is 2.35. The second-order valence-electron chi connectivity index (χ2n) is 9.30. The number of para-hydroxylation sites is 1. The van der Waals surface area contributed by atoms with Gasteiger partial charge in [-0.2, -0.15) is 0 Å².